The topological polar surface area (TPSA) is 3.24 Å². The molecule has 0 saturated heterocycles. The van der Waals surface area contributed by atoms with Crippen LogP contribution in [-0.4, -0.2) is 30.3 Å². The van der Waals surface area contributed by atoms with Gasteiger partial charge in [-0.2, -0.15) is 12.6 Å². The summed E-state index contributed by atoms with van der Waals surface area (Å²) in [5, 5.41) is 0. The second-order valence-corrected chi connectivity index (χ2v) is 5.90. The molecule has 0 heterocycles. The molecule has 0 amide bonds. The van der Waals surface area contributed by atoms with E-state index < -0.39 is 0 Å². The van der Waals surface area contributed by atoms with Crippen LogP contribution in [0.25, 0.3) is 0 Å². The van der Waals surface area contributed by atoms with Crippen molar-refractivity contribution in [2.24, 2.45) is 11.3 Å². The maximum atomic E-state index is 4.58. The summed E-state index contributed by atoms with van der Waals surface area (Å²) in [6, 6.07) is 0. The largest absolute Gasteiger partial charge is 0.303 e. The molecule has 1 nitrogen and oxygen atoms in total. The first-order valence-corrected chi connectivity index (χ1v) is 7.08. The van der Waals surface area contributed by atoms with Crippen molar-refractivity contribution in [3.05, 3.63) is 0 Å². The van der Waals surface area contributed by atoms with E-state index in [1.807, 2.05) is 0 Å². The van der Waals surface area contributed by atoms with Crippen LogP contribution in [0.1, 0.15) is 46.5 Å². The summed E-state index contributed by atoms with van der Waals surface area (Å²) in [5.74, 6) is 1.85. The van der Waals surface area contributed by atoms with E-state index in [0.717, 1.165) is 11.7 Å². The molecule has 0 atom stereocenters. The summed E-state index contributed by atoms with van der Waals surface area (Å²) in [5.41, 5.74) is 0.536. The Labute approximate surface area is 101 Å². The Morgan fingerprint density at radius 3 is 2.27 bits per heavy atom. The molecule has 0 spiro atoms. The molecule has 0 N–H and O–H groups in total. The van der Waals surface area contributed by atoms with Gasteiger partial charge in [0.15, 0.2) is 0 Å². The lowest BCUT2D eigenvalue weighted by atomic mass is 9.87. The third-order valence-corrected chi connectivity index (χ3v) is 4.30. The zero-order valence-electron chi connectivity index (χ0n) is 10.6. The lowest BCUT2D eigenvalue weighted by Crippen LogP contribution is -2.39. The van der Waals surface area contributed by atoms with E-state index >= 15 is 0 Å². The van der Waals surface area contributed by atoms with Gasteiger partial charge in [-0.25, -0.2) is 0 Å². The van der Waals surface area contributed by atoms with Gasteiger partial charge >= 0.3 is 0 Å². The van der Waals surface area contributed by atoms with Crippen LogP contribution in [0.15, 0.2) is 0 Å². The Morgan fingerprint density at radius 2 is 1.87 bits per heavy atom. The summed E-state index contributed by atoms with van der Waals surface area (Å²) in [4.78, 5) is 2.62. The van der Waals surface area contributed by atoms with E-state index in [4.69, 9.17) is 0 Å². The molecule has 0 unspecified atom stereocenters. The molecule has 1 aliphatic rings. The molecule has 0 aromatic heterocycles. The van der Waals surface area contributed by atoms with E-state index in [2.05, 4.69) is 38.3 Å². The number of thiol groups is 1. The molecule has 90 valence electrons. The summed E-state index contributed by atoms with van der Waals surface area (Å²) in [6.45, 7) is 10.6. The number of rotatable bonds is 6. The Kier molecular flexibility index (Phi) is 5.48. The van der Waals surface area contributed by atoms with Gasteiger partial charge in [0.1, 0.15) is 0 Å². The maximum absolute atomic E-state index is 4.58. The van der Waals surface area contributed by atoms with E-state index in [-0.39, 0.29) is 0 Å². The minimum atomic E-state index is 0.536. The Bertz CT molecular complexity index is 173. The fraction of sp³-hybridized carbons (Fsp3) is 1.00. The van der Waals surface area contributed by atoms with Crippen molar-refractivity contribution in [3.63, 3.8) is 0 Å². The van der Waals surface area contributed by atoms with Crippen molar-refractivity contribution in [1.82, 2.24) is 4.90 Å². The van der Waals surface area contributed by atoms with Crippen LogP contribution in [0.5, 0.6) is 0 Å². The monoisotopic (exact) mass is 229 g/mol. The van der Waals surface area contributed by atoms with Gasteiger partial charge in [0, 0.05) is 13.1 Å². The number of hydrogen-bond acceptors (Lipinski definition) is 2. The van der Waals surface area contributed by atoms with Gasteiger partial charge in [0.05, 0.1) is 0 Å². The summed E-state index contributed by atoms with van der Waals surface area (Å²) < 4.78 is 0. The third kappa shape index (κ3) is 3.99. The highest BCUT2D eigenvalue weighted by molar-refractivity contribution is 7.80. The Morgan fingerprint density at radius 1 is 1.27 bits per heavy atom. The molecule has 2 heteroatoms. The second kappa shape index (κ2) is 6.15. The molecule has 1 fully saturated rings. The first kappa shape index (κ1) is 13.4. The van der Waals surface area contributed by atoms with E-state index in [9.17, 15) is 0 Å². The minimum Gasteiger partial charge on any atom is -0.303 e. The van der Waals surface area contributed by atoms with E-state index in [1.165, 1.54) is 45.3 Å². The van der Waals surface area contributed by atoms with Crippen molar-refractivity contribution >= 4 is 12.6 Å². The van der Waals surface area contributed by atoms with Gasteiger partial charge in [-0.15, -0.1) is 0 Å². The highest BCUT2D eigenvalue weighted by Gasteiger charge is 2.33. The molecule has 0 radical (unpaired) electrons. The predicted octanol–water partition coefficient (Wildman–Crippen LogP) is 3.45. The van der Waals surface area contributed by atoms with Gasteiger partial charge in [-0.3, -0.25) is 0 Å². The zero-order valence-corrected chi connectivity index (χ0v) is 11.5. The van der Waals surface area contributed by atoms with Gasteiger partial charge < -0.3 is 4.90 Å². The van der Waals surface area contributed by atoms with Gasteiger partial charge in [0.25, 0.3) is 0 Å². The Hall–Kier alpha value is 0.310. The smallest absolute Gasteiger partial charge is 0.00458 e. The summed E-state index contributed by atoms with van der Waals surface area (Å²) in [7, 11) is 0. The molecular formula is C13H27NS. The lowest BCUT2D eigenvalue weighted by Gasteiger charge is -2.34. The summed E-state index contributed by atoms with van der Waals surface area (Å²) in [6.07, 6.45) is 5.62. The molecule has 15 heavy (non-hydrogen) atoms. The third-order valence-electron chi connectivity index (χ3n) is 3.63. The highest BCUT2D eigenvalue weighted by Crippen LogP contribution is 2.39. The molecular weight excluding hydrogens is 202 g/mol. The summed E-state index contributed by atoms with van der Waals surface area (Å²) >= 11 is 4.58. The normalized spacial score (nSPS) is 20.4. The molecule has 1 saturated carbocycles. The second-order valence-electron chi connectivity index (χ2n) is 5.59. The first-order chi connectivity index (χ1) is 7.12. The van der Waals surface area contributed by atoms with Gasteiger partial charge in [0.2, 0.25) is 0 Å². The van der Waals surface area contributed by atoms with E-state index in [1.54, 1.807) is 0 Å². The number of hydrogen-bond donors (Lipinski definition) is 1. The van der Waals surface area contributed by atoms with Crippen LogP contribution in [0, 0.1) is 11.3 Å². The molecule has 0 aromatic carbocycles. The molecule has 1 rings (SSSR count). The van der Waals surface area contributed by atoms with Crippen LogP contribution >= 0.6 is 12.6 Å². The fourth-order valence-electron chi connectivity index (χ4n) is 2.79. The average Bonchev–Trinajstić information content (AvgIpc) is 2.65. The van der Waals surface area contributed by atoms with Crippen LogP contribution in [0.4, 0.5) is 0 Å². The predicted molar refractivity (Wildman–Crippen MR) is 71.7 cm³/mol. The highest BCUT2D eigenvalue weighted by atomic mass is 32.1. The van der Waals surface area contributed by atoms with Crippen molar-refractivity contribution in [2.45, 2.75) is 46.5 Å². The molecule has 1 aliphatic carbocycles. The van der Waals surface area contributed by atoms with Crippen LogP contribution < -0.4 is 0 Å². The SMILES string of the molecule is CCN(CC(C)C)CC1(CS)CCCC1. The Balaban J connectivity index is 2.48. The van der Waals surface area contributed by atoms with Crippen molar-refractivity contribution < 1.29 is 0 Å². The van der Waals surface area contributed by atoms with Gasteiger partial charge in [-0.1, -0.05) is 33.6 Å². The lowest BCUT2D eigenvalue weighted by molar-refractivity contribution is 0.163. The van der Waals surface area contributed by atoms with Crippen molar-refractivity contribution in [1.29, 1.82) is 0 Å². The standard InChI is InChI=1S/C13H27NS/c1-4-14(9-12(2)3)10-13(11-15)7-5-6-8-13/h12,15H,4-11H2,1-3H3. The molecule has 0 aliphatic heterocycles. The zero-order chi connectivity index (χ0) is 11.3. The number of nitrogens with zero attached hydrogens (tertiary/aromatic N) is 1. The van der Waals surface area contributed by atoms with Crippen LogP contribution in [-0.2, 0) is 0 Å². The van der Waals surface area contributed by atoms with Crippen molar-refractivity contribution in [2.75, 3.05) is 25.4 Å². The average molecular weight is 229 g/mol. The minimum absolute atomic E-state index is 0.536. The van der Waals surface area contributed by atoms with Gasteiger partial charge in [-0.05, 0) is 36.5 Å². The quantitative estimate of drug-likeness (QED) is 0.683. The maximum Gasteiger partial charge on any atom is 0.00458 e. The molecule has 0 bridgehead atoms. The van der Waals surface area contributed by atoms with Crippen LogP contribution in [0.3, 0.4) is 0 Å². The molecule has 0 aromatic rings. The van der Waals surface area contributed by atoms with Crippen molar-refractivity contribution in [3.8, 4) is 0 Å². The van der Waals surface area contributed by atoms with Crippen LogP contribution in [0.2, 0.25) is 0 Å². The van der Waals surface area contributed by atoms with E-state index in [0.29, 0.717) is 5.41 Å². The first-order valence-electron chi connectivity index (χ1n) is 6.45. The fourth-order valence-corrected chi connectivity index (χ4v) is 3.20.